The SMILES string of the molecule is Cc1cccc(NCc2c[nH]c3ccccc23)c1C#N. The summed E-state index contributed by atoms with van der Waals surface area (Å²) >= 11 is 0. The van der Waals surface area contributed by atoms with Gasteiger partial charge < -0.3 is 10.3 Å². The molecule has 1 aromatic heterocycles. The van der Waals surface area contributed by atoms with Gasteiger partial charge in [-0.2, -0.15) is 5.26 Å². The third-order valence-electron chi connectivity index (χ3n) is 3.53. The molecule has 0 saturated heterocycles. The number of rotatable bonds is 3. The molecule has 0 unspecified atom stereocenters. The number of anilines is 1. The van der Waals surface area contributed by atoms with E-state index in [4.69, 9.17) is 0 Å². The molecule has 0 saturated carbocycles. The van der Waals surface area contributed by atoms with Crippen LogP contribution in [0.25, 0.3) is 10.9 Å². The highest BCUT2D eigenvalue weighted by Crippen LogP contribution is 2.22. The highest BCUT2D eigenvalue weighted by Gasteiger charge is 2.06. The van der Waals surface area contributed by atoms with Crippen LogP contribution in [0.15, 0.2) is 48.7 Å². The van der Waals surface area contributed by atoms with Crippen LogP contribution in [0.4, 0.5) is 5.69 Å². The zero-order chi connectivity index (χ0) is 13.9. The first-order valence-corrected chi connectivity index (χ1v) is 6.58. The zero-order valence-electron chi connectivity index (χ0n) is 11.3. The van der Waals surface area contributed by atoms with Crippen LogP contribution in [-0.4, -0.2) is 4.98 Å². The number of hydrogen-bond acceptors (Lipinski definition) is 2. The van der Waals surface area contributed by atoms with E-state index in [1.807, 2.05) is 43.5 Å². The average molecular weight is 261 g/mol. The van der Waals surface area contributed by atoms with Crippen LogP contribution in [0, 0.1) is 18.3 Å². The number of aromatic nitrogens is 1. The van der Waals surface area contributed by atoms with Crippen molar-refractivity contribution in [2.24, 2.45) is 0 Å². The lowest BCUT2D eigenvalue weighted by Crippen LogP contribution is -2.01. The molecule has 0 amide bonds. The quantitative estimate of drug-likeness (QED) is 0.749. The van der Waals surface area contributed by atoms with Crippen molar-refractivity contribution < 1.29 is 0 Å². The highest BCUT2D eigenvalue weighted by atomic mass is 14.9. The van der Waals surface area contributed by atoms with Gasteiger partial charge in [-0.05, 0) is 30.2 Å². The number of fused-ring (bicyclic) bond motifs is 1. The van der Waals surface area contributed by atoms with Gasteiger partial charge in [0.05, 0.1) is 11.3 Å². The number of nitriles is 1. The Bertz CT molecular complexity index is 793. The maximum absolute atomic E-state index is 9.23. The fraction of sp³-hybridized carbons (Fsp3) is 0.118. The van der Waals surface area contributed by atoms with Crippen molar-refractivity contribution >= 4 is 16.6 Å². The number of H-pyrrole nitrogens is 1. The van der Waals surface area contributed by atoms with Crippen LogP contribution in [0.1, 0.15) is 16.7 Å². The number of hydrogen-bond donors (Lipinski definition) is 2. The van der Waals surface area contributed by atoms with Gasteiger partial charge >= 0.3 is 0 Å². The molecule has 3 rings (SSSR count). The predicted molar refractivity (Wildman–Crippen MR) is 81.5 cm³/mol. The molecule has 0 aliphatic rings. The van der Waals surface area contributed by atoms with Gasteiger partial charge in [-0.3, -0.25) is 0 Å². The Morgan fingerprint density at radius 3 is 2.85 bits per heavy atom. The largest absolute Gasteiger partial charge is 0.380 e. The molecular weight excluding hydrogens is 246 g/mol. The molecule has 0 radical (unpaired) electrons. The van der Waals surface area contributed by atoms with E-state index in [0.717, 1.165) is 16.8 Å². The maximum Gasteiger partial charge on any atom is 0.102 e. The molecule has 0 bridgehead atoms. The lowest BCUT2D eigenvalue weighted by atomic mass is 10.1. The Labute approximate surface area is 117 Å². The molecule has 0 aliphatic carbocycles. The molecule has 20 heavy (non-hydrogen) atoms. The number of aromatic amines is 1. The Hall–Kier alpha value is -2.73. The summed E-state index contributed by atoms with van der Waals surface area (Å²) in [6.07, 6.45) is 2.01. The third-order valence-corrected chi connectivity index (χ3v) is 3.53. The van der Waals surface area contributed by atoms with E-state index in [9.17, 15) is 5.26 Å². The topological polar surface area (TPSA) is 51.6 Å². The van der Waals surface area contributed by atoms with Crippen LogP contribution in [0.2, 0.25) is 0 Å². The van der Waals surface area contributed by atoms with Crippen LogP contribution in [0.5, 0.6) is 0 Å². The number of nitrogens with zero attached hydrogens (tertiary/aromatic N) is 1. The summed E-state index contributed by atoms with van der Waals surface area (Å²) in [6.45, 7) is 2.65. The smallest absolute Gasteiger partial charge is 0.102 e. The van der Waals surface area contributed by atoms with E-state index in [1.54, 1.807) is 0 Å². The van der Waals surface area contributed by atoms with Gasteiger partial charge in [-0.15, -0.1) is 0 Å². The van der Waals surface area contributed by atoms with Crippen molar-refractivity contribution in [2.75, 3.05) is 5.32 Å². The van der Waals surface area contributed by atoms with Crippen molar-refractivity contribution in [2.45, 2.75) is 13.5 Å². The summed E-state index contributed by atoms with van der Waals surface area (Å²) in [5.41, 5.74) is 4.93. The van der Waals surface area contributed by atoms with Gasteiger partial charge in [0.1, 0.15) is 6.07 Å². The Morgan fingerprint density at radius 1 is 1.15 bits per heavy atom. The van der Waals surface area contributed by atoms with E-state index >= 15 is 0 Å². The Balaban J connectivity index is 1.87. The van der Waals surface area contributed by atoms with Crippen molar-refractivity contribution in [3.8, 4) is 6.07 Å². The van der Waals surface area contributed by atoms with Gasteiger partial charge in [0.2, 0.25) is 0 Å². The van der Waals surface area contributed by atoms with E-state index in [2.05, 4.69) is 28.5 Å². The number of aryl methyl sites for hydroxylation is 1. The summed E-state index contributed by atoms with van der Waals surface area (Å²) < 4.78 is 0. The second kappa shape index (κ2) is 5.10. The summed E-state index contributed by atoms with van der Waals surface area (Å²) in [6, 6.07) is 16.3. The maximum atomic E-state index is 9.23. The zero-order valence-corrected chi connectivity index (χ0v) is 11.3. The van der Waals surface area contributed by atoms with E-state index in [0.29, 0.717) is 12.1 Å². The minimum absolute atomic E-state index is 0.697. The van der Waals surface area contributed by atoms with E-state index in [-0.39, 0.29) is 0 Å². The highest BCUT2D eigenvalue weighted by molar-refractivity contribution is 5.83. The van der Waals surface area contributed by atoms with E-state index in [1.165, 1.54) is 10.9 Å². The summed E-state index contributed by atoms with van der Waals surface area (Å²) in [5, 5.41) is 13.8. The summed E-state index contributed by atoms with van der Waals surface area (Å²) in [4.78, 5) is 3.26. The molecule has 98 valence electrons. The predicted octanol–water partition coefficient (Wildman–Crippen LogP) is 3.96. The van der Waals surface area contributed by atoms with Crippen LogP contribution in [0.3, 0.4) is 0 Å². The first-order chi connectivity index (χ1) is 9.79. The molecule has 0 fully saturated rings. The fourth-order valence-corrected chi connectivity index (χ4v) is 2.43. The molecule has 0 atom stereocenters. The molecule has 2 aromatic carbocycles. The van der Waals surface area contributed by atoms with Crippen molar-refractivity contribution in [1.29, 1.82) is 5.26 Å². The standard InChI is InChI=1S/C17H15N3/c1-12-5-4-8-17(15(12)9-18)20-11-13-10-19-16-7-3-2-6-14(13)16/h2-8,10,19-20H,11H2,1H3. The Morgan fingerprint density at radius 2 is 2.00 bits per heavy atom. The molecule has 0 spiro atoms. The number of benzene rings is 2. The summed E-state index contributed by atoms with van der Waals surface area (Å²) in [5.74, 6) is 0. The second-order valence-corrected chi connectivity index (χ2v) is 4.82. The van der Waals surface area contributed by atoms with Gasteiger partial charge in [0.25, 0.3) is 0 Å². The Kier molecular flexibility index (Phi) is 3.14. The molecule has 0 aliphatic heterocycles. The molecule has 3 nitrogen and oxygen atoms in total. The fourth-order valence-electron chi connectivity index (χ4n) is 2.43. The normalized spacial score (nSPS) is 10.4. The molecule has 3 aromatic rings. The van der Waals surface area contributed by atoms with Crippen LogP contribution >= 0.6 is 0 Å². The molecular formula is C17H15N3. The van der Waals surface area contributed by atoms with Gasteiger partial charge in [0, 0.05) is 23.6 Å². The minimum atomic E-state index is 0.697. The van der Waals surface area contributed by atoms with Gasteiger partial charge in [-0.25, -0.2) is 0 Å². The number of nitrogens with one attached hydrogen (secondary N) is 2. The third kappa shape index (κ3) is 2.12. The van der Waals surface area contributed by atoms with Crippen molar-refractivity contribution in [3.63, 3.8) is 0 Å². The molecule has 3 heteroatoms. The number of para-hydroxylation sites is 1. The lowest BCUT2D eigenvalue weighted by Gasteiger charge is -2.09. The van der Waals surface area contributed by atoms with Crippen LogP contribution < -0.4 is 5.32 Å². The first kappa shape index (κ1) is 12.3. The van der Waals surface area contributed by atoms with Gasteiger partial charge in [0.15, 0.2) is 0 Å². The van der Waals surface area contributed by atoms with Crippen LogP contribution in [-0.2, 0) is 6.54 Å². The first-order valence-electron chi connectivity index (χ1n) is 6.58. The minimum Gasteiger partial charge on any atom is -0.380 e. The summed E-state index contributed by atoms with van der Waals surface area (Å²) in [7, 11) is 0. The molecule has 1 heterocycles. The average Bonchev–Trinajstić information content (AvgIpc) is 2.88. The van der Waals surface area contributed by atoms with Crippen molar-refractivity contribution in [3.05, 3.63) is 65.4 Å². The van der Waals surface area contributed by atoms with Crippen molar-refractivity contribution in [1.82, 2.24) is 4.98 Å². The van der Waals surface area contributed by atoms with E-state index < -0.39 is 0 Å². The van der Waals surface area contributed by atoms with Gasteiger partial charge in [-0.1, -0.05) is 30.3 Å². The lowest BCUT2D eigenvalue weighted by molar-refractivity contribution is 1.15. The second-order valence-electron chi connectivity index (χ2n) is 4.82. The monoisotopic (exact) mass is 261 g/mol. The molecule has 2 N–H and O–H groups in total.